The van der Waals surface area contributed by atoms with Gasteiger partial charge in [-0.15, -0.1) is 0 Å². The Morgan fingerprint density at radius 2 is 2.18 bits per heavy atom. The summed E-state index contributed by atoms with van der Waals surface area (Å²) >= 11 is 0. The van der Waals surface area contributed by atoms with Crippen molar-refractivity contribution in [3.8, 4) is 0 Å². The van der Waals surface area contributed by atoms with Crippen LogP contribution in [-0.2, 0) is 6.42 Å². The molecule has 1 aromatic carbocycles. The van der Waals surface area contributed by atoms with Crippen LogP contribution in [0.2, 0.25) is 0 Å². The van der Waals surface area contributed by atoms with Crippen LogP contribution in [-0.4, -0.2) is 39.8 Å². The van der Waals surface area contributed by atoms with Gasteiger partial charge in [-0.25, -0.2) is 0 Å². The van der Waals surface area contributed by atoms with Gasteiger partial charge >= 0.3 is 0 Å². The van der Waals surface area contributed by atoms with Crippen LogP contribution in [0.5, 0.6) is 0 Å². The molecule has 1 aliphatic heterocycles. The van der Waals surface area contributed by atoms with E-state index in [0.29, 0.717) is 18.2 Å². The van der Waals surface area contributed by atoms with E-state index >= 15 is 0 Å². The maximum absolute atomic E-state index is 9.35. The molecular weight excluding hydrogens is 278 g/mol. The van der Waals surface area contributed by atoms with E-state index in [1.165, 1.54) is 5.56 Å². The van der Waals surface area contributed by atoms with E-state index in [2.05, 4.69) is 34.1 Å². The quantitative estimate of drug-likeness (QED) is 0.919. The second kappa shape index (κ2) is 7.03. The fourth-order valence-corrected chi connectivity index (χ4v) is 3.04. The smallest absolute Gasteiger partial charge is 0.243 e. The first-order chi connectivity index (χ1) is 10.8. The number of rotatable bonds is 5. The van der Waals surface area contributed by atoms with Crippen LogP contribution in [0.4, 0.5) is 0 Å². The van der Waals surface area contributed by atoms with Crippen molar-refractivity contribution >= 4 is 0 Å². The van der Waals surface area contributed by atoms with Crippen LogP contribution in [0.25, 0.3) is 0 Å². The Kier molecular flexibility index (Phi) is 4.85. The van der Waals surface area contributed by atoms with Crippen LogP contribution in [0, 0.1) is 5.92 Å². The van der Waals surface area contributed by atoms with Crippen molar-refractivity contribution in [2.75, 3.05) is 19.7 Å². The molecule has 3 rings (SSSR count). The van der Waals surface area contributed by atoms with Gasteiger partial charge in [0.05, 0.1) is 6.04 Å². The van der Waals surface area contributed by atoms with Crippen molar-refractivity contribution in [2.45, 2.75) is 32.2 Å². The van der Waals surface area contributed by atoms with Crippen LogP contribution < -0.4 is 0 Å². The first-order valence-electron chi connectivity index (χ1n) is 7.97. The fourth-order valence-electron chi connectivity index (χ4n) is 3.04. The summed E-state index contributed by atoms with van der Waals surface area (Å²) in [7, 11) is 0. The van der Waals surface area contributed by atoms with Crippen molar-refractivity contribution in [1.82, 2.24) is 15.0 Å². The minimum atomic E-state index is 0.103. The highest BCUT2D eigenvalue weighted by atomic mass is 16.5. The lowest BCUT2D eigenvalue weighted by Crippen LogP contribution is -2.38. The topological polar surface area (TPSA) is 62.4 Å². The third-order valence-corrected chi connectivity index (χ3v) is 4.40. The van der Waals surface area contributed by atoms with Gasteiger partial charge in [0.15, 0.2) is 5.82 Å². The Labute approximate surface area is 131 Å². The minimum absolute atomic E-state index is 0.103. The molecule has 2 heterocycles. The second-order valence-corrected chi connectivity index (χ2v) is 6.07. The summed E-state index contributed by atoms with van der Waals surface area (Å²) in [6.07, 6.45) is 2.90. The monoisotopic (exact) mass is 301 g/mol. The third-order valence-electron chi connectivity index (χ3n) is 4.40. The van der Waals surface area contributed by atoms with Gasteiger partial charge in [0.25, 0.3) is 0 Å². The SMILES string of the molecule is CC(c1nc(Cc2ccccc2)no1)N1CCCC(CO)C1. The van der Waals surface area contributed by atoms with Crippen molar-refractivity contribution in [3.63, 3.8) is 0 Å². The summed E-state index contributed by atoms with van der Waals surface area (Å²) in [4.78, 5) is 6.87. The van der Waals surface area contributed by atoms with Gasteiger partial charge in [-0.2, -0.15) is 4.98 Å². The standard InChI is InChI=1S/C17H23N3O2/c1-13(20-9-5-8-15(11-20)12-21)17-18-16(19-22-17)10-14-6-3-2-4-7-14/h2-4,6-7,13,15,21H,5,8-12H2,1H3. The maximum Gasteiger partial charge on any atom is 0.243 e. The molecule has 1 saturated heterocycles. The molecule has 2 aromatic rings. The molecule has 1 N–H and O–H groups in total. The van der Waals surface area contributed by atoms with Crippen LogP contribution in [0.3, 0.4) is 0 Å². The molecule has 0 spiro atoms. The Balaban J connectivity index is 1.65. The molecule has 1 fully saturated rings. The number of benzene rings is 1. The second-order valence-electron chi connectivity index (χ2n) is 6.07. The van der Waals surface area contributed by atoms with Gasteiger partial charge in [-0.3, -0.25) is 4.90 Å². The number of hydrogen-bond donors (Lipinski definition) is 1. The zero-order valence-electron chi connectivity index (χ0n) is 13.0. The van der Waals surface area contributed by atoms with Crippen LogP contribution >= 0.6 is 0 Å². The predicted molar refractivity (Wildman–Crippen MR) is 83.3 cm³/mol. The first kappa shape index (κ1) is 15.2. The Morgan fingerprint density at radius 3 is 2.95 bits per heavy atom. The number of piperidine rings is 1. The molecule has 22 heavy (non-hydrogen) atoms. The molecule has 0 saturated carbocycles. The van der Waals surface area contributed by atoms with E-state index < -0.39 is 0 Å². The number of aliphatic hydroxyl groups excluding tert-OH is 1. The summed E-state index contributed by atoms with van der Waals surface area (Å²) in [5, 5.41) is 13.5. The largest absolute Gasteiger partial charge is 0.396 e. The normalized spacial score (nSPS) is 20.9. The molecule has 0 amide bonds. The maximum atomic E-state index is 9.35. The highest BCUT2D eigenvalue weighted by molar-refractivity contribution is 5.18. The molecule has 0 bridgehead atoms. The van der Waals surface area contributed by atoms with Crippen molar-refractivity contribution in [3.05, 3.63) is 47.6 Å². The number of hydrogen-bond acceptors (Lipinski definition) is 5. The number of likely N-dealkylation sites (tertiary alicyclic amines) is 1. The fraction of sp³-hybridized carbons (Fsp3) is 0.529. The number of aromatic nitrogens is 2. The lowest BCUT2D eigenvalue weighted by atomic mass is 9.98. The van der Waals surface area contributed by atoms with Gasteiger partial charge in [0.2, 0.25) is 5.89 Å². The van der Waals surface area contributed by atoms with Gasteiger partial charge in [-0.1, -0.05) is 35.5 Å². The lowest BCUT2D eigenvalue weighted by Gasteiger charge is -2.34. The van der Waals surface area contributed by atoms with E-state index in [0.717, 1.165) is 31.8 Å². The van der Waals surface area contributed by atoms with Gasteiger partial charge in [0.1, 0.15) is 0 Å². The zero-order valence-corrected chi connectivity index (χ0v) is 13.0. The molecule has 5 heteroatoms. The molecule has 1 aromatic heterocycles. The predicted octanol–water partition coefficient (Wildman–Crippen LogP) is 2.43. The van der Waals surface area contributed by atoms with Crippen molar-refractivity contribution < 1.29 is 9.63 Å². The highest BCUT2D eigenvalue weighted by Gasteiger charge is 2.27. The van der Waals surface area contributed by atoms with E-state index in [9.17, 15) is 5.11 Å². The van der Waals surface area contributed by atoms with E-state index in [-0.39, 0.29) is 12.6 Å². The van der Waals surface area contributed by atoms with Crippen LogP contribution in [0.15, 0.2) is 34.9 Å². The van der Waals surface area contributed by atoms with Gasteiger partial charge < -0.3 is 9.63 Å². The summed E-state index contributed by atoms with van der Waals surface area (Å²) in [6, 6.07) is 10.3. The third kappa shape index (κ3) is 3.54. The number of nitrogens with zero attached hydrogens (tertiary/aromatic N) is 3. The van der Waals surface area contributed by atoms with E-state index in [4.69, 9.17) is 4.52 Å². The van der Waals surface area contributed by atoms with Crippen LogP contribution in [0.1, 0.15) is 43.1 Å². The van der Waals surface area contributed by atoms with Gasteiger partial charge in [-0.05, 0) is 37.8 Å². The molecule has 2 unspecified atom stereocenters. The average molecular weight is 301 g/mol. The molecule has 5 nitrogen and oxygen atoms in total. The lowest BCUT2D eigenvalue weighted by molar-refractivity contribution is 0.0810. The van der Waals surface area contributed by atoms with E-state index in [1.807, 2.05) is 18.2 Å². The summed E-state index contributed by atoms with van der Waals surface area (Å²) in [5.41, 5.74) is 1.18. The molecule has 118 valence electrons. The average Bonchev–Trinajstić information content (AvgIpc) is 3.03. The van der Waals surface area contributed by atoms with Crippen molar-refractivity contribution in [2.24, 2.45) is 5.92 Å². The molecule has 0 radical (unpaired) electrons. The highest BCUT2D eigenvalue weighted by Crippen LogP contribution is 2.25. The Morgan fingerprint density at radius 1 is 1.36 bits per heavy atom. The minimum Gasteiger partial charge on any atom is -0.396 e. The zero-order chi connectivity index (χ0) is 15.4. The summed E-state index contributed by atoms with van der Waals surface area (Å²) in [5.74, 6) is 1.76. The Bertz CT molecular complexity index is 585. The Hall–Kier alpha value is -1.72. The molecule has 1 aliphatic rings. The first-order valence-corrected chi connectivity index (χ1v) is 7.97. The molecule has 2 atom stereocenters. The summed E-state index contributed by atoms with van der Waals surface area (Å²) < 4.78 is 5.46. The molecular formula is C17H23N3O2. The van der Waals surface area contributed by atoms with E-state index in [1.54, 1.807) is 0 Å². The van der Waals surface area contributed by atoms with Gasteiger partial charge in [0, 0.05) is 19.6 Å². The van der Waals surface area contributed by atoms with Crippen molar-refractivity contribution in [1.29, 1.82) is 0 Å². The number of aliphatic hydroxyl groups is 1. The summed E-state index contributed by atoms with van der Waals surface area (Å²) in [6.45, 7) is 4.27. The molecule has 0 aliphatic carbocycles.